The second kappa shape index (κ2) is 5.54. The number of nitrogens with one attached hydrogen (secondary N) is 2. The van der Waals surface area contributed by atoms with Gasteiger partial charge in [-0.1, -0.05) is 18.2 Å². The summed E-state index contributed by atoms with van der Waals surface area (Å²) in [6.45, 7) is 1.59. The number of aromatic nitrogens is 1. The van der Waals surface area contributed by atoms with Gasteiger partial charge in [0, 0.05) is 17.3 Å². The zero-order valence-corrected chi connectivity index (χ0v) is 10.7. The van der Waals surface area contributed by atoms with Gasteiger partial charge < -0.3 is 15.4 Å². The van der Waals surface area contributed by atoms with Gasteiger partial charge in [0.05, 0.1) is 17.2 Å². The summed E-state index contributed by atoms with van der Waals surface area (Å²) >= 11 is 0. The van der Waals surface area contributed by atoms with Crippen molar-refractivity contribution in [3.8, 4) is 0 Å². The molecule has 1 amide bonds. The van der Waals surface area contributed by atoms with E-state index < -0.39 is 16.9 Å². The van der Waals surface area contributed by atoms with Crippen molar-refractivity contribution in [1.29, 1.82) is 0 Å². The Morgan fingerprint density at radius 3 is 2.75 bits per heavy atom. The van der Waals surface area contributed by atoms with E-state index in [0.29, 0.717) is 11.3 Å². The Kier molecular flexibility index (Phi) is 3.81. The highest BCUT2D eigenvalue weighted by Gasteiger charge is 2.16. The molecule has 1 heterocycles. The monoisotopic (exact) mass is 275 g/mol. The van der Waals surface area contributed by atoms with E-state index in [1.165, 1.54) is 0 Å². The molecule has 1 atom stereocenters. The number of carbonyl (C=O) groups is 1. The van der Waals surface area contributed by atoms with Crippen LogP contribution in [0.4, 0.5) is 11.4 Å². The lowest BCUT2D eigenvalue weighted by Crippen LogP contribution is -2.14. The molecule has 7 heteroatoms. The van der Waals surface area contributed by atoms with E-state index in [1.807, 2.05) is 0 Å². The quantitative estimate of drug-likeness (QED) is 0.587. The number of hydrogen-bond donors (Lipinski definition) is 3. The van der Waals surface area contributed by atoms with Gasteiger partial charge in [-0.2, -0.15) is 0 Å². The van der Waals surface area contributed by atoms with Crippen molar-refractivity contribution >= 4 is 17.3 Å². The summed E-state index contributed by atoms with van der Waals surface area (Å²) in [4.78, 5) is 24.5. The van der Waals surface area contributed by atoms with E-state index in [2.05, 4.69) is 10.3 Å². The third-order valence-electron chi connectivity index (χ3n) is 2.78. The molecule has 2 rings (SSSR count). The molecule has 0 aliphatic carbocycles. The van der Waals surface area contributed by atoms with Crippen LogP contribution in [0.15, 0.2) is 36.5 Å². The van der Waals surface area contributed by atoms with Gasteiger partial charge in [-0.25, -0.2) is 0 Å². The molecule has 3 N–H and O–H groups in total. The van der Waals surface area contributed by atoms with Crippen molar-refractivity contribution in [3.63, 3.8) is 0 Å². The predicted molar refractivity (Wildman–Crippen MR) is 72.5 cm³/mol. The molecular formula is C13H13N3O4. The number of rotatable bonds is 4. The Morgan fingerprint density at radius 1 is 1.45 bits per heavy atom. The Labute approximate surface area is 114 Å². The second-order valence-electron chi connectivity index (χ2n) is 4.25. The van der Waals surface area contributed by atoms with Gasteiger partial charge in [0.1, 0.15) is 5.69 Å². The average molecular weight is 275 g/mol. The van der Waals surface area contributed by atoms with Gasteiger partial charge >= 0.3 is 0 Å². The predicted octanol–water partition coefficient (Wildman–Crippen LogP) is 2.23. The molecule has 7 nitrogen and oxygen atoms in total. The van der Waals surface area contributed by atoms with Crippen molar-refractivity contribution < 1.29 is 14.8 Å². The third kappa shape index (κ3) is 2.83. The Bertz CT molecular complexity index is 649. The minimum atomic E-state index is -0.732. The molecule has 0 fully saturated rings. The summed E-state index contributed by atoms with van der Waals surface area (Å²) in [6.07, 6.45) is 0.416. The first-order valence-electron chi connectivity index (χ1n) is 5.90. The molecule has 1 aromatic heterocycles. The summed E-state index contributed by atoms with van der Waals surface area (Å²) in [5.74, 6) is -0.508. The number of nitrogens with zero attached hydrogens (tertiary/aromatic N) is 1. The van der Waals surface area contributed by atoms with Crippen LogP contribution in [0.3, 0.4) is 0 Å². The Hall–Kier alpha value is -2.67. The first-order valence-corrected chi connectivity index (χ1v) is 5.90. The van der Waals surface area contributed by atoms with Crippen LogP contribution in [0.5, 0.6) is 0 Å². The van der Waals surface area contributed by atoms with E-state index in [-0.39, 0.29) is 11.4 Å². The van der Waals surface area contributed by atoms with E-state index in [1.54, 1.807) is 31.2 Å². The van der Waals surface area contributed by atoms with Crippen molar-refractivity contribution in [2.45, 2.75) is 13.0 Å². The fourth-order valence-corrected chi connectivity index (χ4v) is 1.78. The molecule has 0 bridgehead atoms. The normalized spacial score (nSPS) is 11.9. The van der Waals surface area contributed by atoms with Crippen LogP contribution in [0.2, 0.25) is 0 Å². The summed E-state index contributed by atoms with van der Waals surface area (Å²) < 4.78 is 0. The first-order chi connectivity index (χ1) is 9.49. The van der Waals surface area contributed by atoms with Gasteiger partial charge in [-0.3, -0.25) is 14.9 Å². The van der Waals surface area contributed by atoms with Gasteiger partial charge in [-0.15, -0.1) is 0 Å². The van der Waals surface area contributed by atoms with Crippen LogP contribution in [0.1, 0.15) is 29.1 Å². The Balaban J connectivity index is 2.21. The largest absolute Gasteiger partial charge is 0.389 e. The van der Waals surface area contributed by atoms with Crippen LogP contribution in [-0.2, 0) is 0 Å². The standard InChI is InChI=1S/C13H13N3O4/c1-8(17)10-4-2-3-5-11(10)15-13(18)12-6-9(7-14-12)16(19)20/h2-8,14,17H,1H3,(H,15,18). The molecule has 0 aliphatic rings. The molecule has 1 unspecified atom stereocenters. The van der Waals surface area contributed by atoms with E-state index in [0.717, 1.165) is 12.3 Å². The van der Waals surface area contributed by atoms with E-state index in [4.69, 9.17) is 0 Å². The van der Waals surface area contributed by atoms with Crippen molar-refractivity contribution in [1.82, 2.24) is 4.98 Å². The summed E-state index contributed by atoms with van der Waals surface area (Å²) in [6, 6.07) is 7.96. The minimum absolute atomic E-state index is 0.0806. The molecule has 2 aromatic rings. The molecular weight excluding hydrogens is 262 g/mol. The van der Waals surface area contributed by atoms with E-state index >= 15 is 0 Å². The lowest BCUT2D eigenvalue weighted by molar-refractivity contribution is -0.384. The number of para-hydroxylation sites is 1. The number of anilines is 1. The second-order valence-corrected chi connectivity index (χ2v) is 4.25. The average Bonchev–Trinajstić information content (AvgIpc) is 2.89. The number of aliphatic hydroxyl groups excluding tert-OH is 1. The number of amides is 1. The maximum absolute atomic E-state index is 12.0. The Morgan fingerprint density at radius 2 is 2.15 bits per heavy atom. The molecule has 0 saturated heterocycles. The van der Waals surface area contributed by atoms with Gasteiger partial charge in [0.15, 0.2) is 0 Å². The van der Waals surface area contributed by atoms with Crippen LogP contribution in [0.25, 0.3) is 0 Å². The highest BCUT2D eigenvalue weighted by Crippen LogP contribution is 2.23. The smallest absolute Gasteiger partial charge is 0.287 e. The lowest BCUT2D eigenvalue weighted by Gasteiger charge is -2.12. The van der Waals surface area contributed by atoms with Gasteiger partial charge in [0.2, 0.25) is 0 Å². The zero-order valence-electron chi connectivity index (χ0n) is 10.7. The number of H-pyrrole nitrogens is 1. The fraction of sp³-hybridized carbons (Fsp3) is 0.154. The van der Waals surface area contributed by atoms with Crippen molar-refractivity contribution in [2.75, 3.05) is 5.32 Å². The van der Waals surface area contributed by atoms with Crippen LogP contribution >= 0.6 is 0 Å². The van der Waals surface area contributed by atoms with Gasteiger partial charge in [0.25, 0.3) is 11.6 Å². The van der Waals surface area contributed by atoms with Crippen molar-refractivity contribution in [3.05, 3.63) is 57.9 Å². The van der Waals surface area contributed by atoms with Crippen LogP contribution < -0.4 is 5.32 Å². The van der Waals surface area contributed by atoms with Gasteiger partial charge in [-0.05, 0) is 13.0 Å². The maximum Gasteiger partial charge on any atom is 0.287 e. The van der Waals surface area contributed by atoms with Crippen molar-refractivity contribution in [2.24, 2.45) is 0 Å². The lowest BCUT2D eigenvalue weighted by atomic mass is 10.1. The summed E-state index contributed by atoms with van der Waals surface area (Å²) in [7, 11) is 0. The third-order valence-corrected chi connectivity index (χ3v) is 2.78. The number of carbonyl (C=O) groups excluding carboxylic acids is 1. The molecule has 104 valence electrons. The molecule has 0 saturated carbocycles. The minimum Gasteiger partial charge on any atom is -0.389 e. The number of benzene rings is 1. The molecule has 20 heavy (non-hydrogen) atoms. The molecule has 1 aromatic carbocycles. The fourth-order valence-electron chi connectivity index (χ4n) is 1.78. The highest BCUT2D eigenvalue weighted by atomic mass is 16.6. The number of aliphatic hydroxyl groups is 1. The SMILES string of the molecule is CC(O)c1ccccc1NC(=O)c1cc([N+](=O)[O-])c[nH]1. The highest BCUT2D eigenvalue weighted by molar-refractivity contribution is 6.03. The number of aromatic amines is 1. The molecule has 0 radical (unpaired) electrons. The summed E-state index contributed by atoms with van der Waals surface area (Å²) in [5, 5.41) is 22.8. The molecule has 0 spiro atoms. The number of nitro groups is 1. The van der Waals surface area contributed by atoms with Crippen LogP contribution in [0, 0.1) is 10.1 Å². The number of hydrogen-bond acceptors (Lipinski definition) is 4. The topological polar surface area (TPSA) is 108 Å². The maximum atomic E-state index is 12.0. The first kappa shape index (κ1) is 13.8. The summed E-state index contributed by atoms with van der Waals surface area (Å²) in [5.41, 5.74) is 0.933. The molecule has 0 aliphatic heterocycles. The van der Waals surface area contributed by atoms with E-state index in [9.17, 15) is 20.0 Å². The van der Waals surface area contributed by atoms with Crippen LogP contribution in [-0.4, -0.2) is 20.9 Å². The zero-order chi connectivity index (χ0) is 14.7.